The SMILES string of the molecule is N#Cc1ccnc(Oc2ccc(C(F)(F)F)cc2N)n1. The molecular formula is C12H7F3N4O. The number of nitrogen functional groups attached to an aromatic ring is 1. The Hall–Kier alpha value is -2.82. The lowest BCUT2D eigenvalue weighted by Crippen LogP contribution is -2.06. The molecule has 0 unspecified atom stereocenters. The van der Waals surface area contributed by atoms with Crippen molar-refractivity contribution in [2.45, 2.75) is 6.18 Å². The fourth-order valence-corrected chi connectivity index (χ4v) is 1.37. The van der Waals surface area contributed by atoms with E-state index in [2.05, 4.69) is 9.97 Å². The molecule has 0 amide bonds. The molecule has 5 nitrogen and oxygen atoms in total. The molecule has 0 spiro atoms. The van der Waals surface area contributed by atoms with Gasteiger partial charge in [-0.3, -0.25) is 0 Å². The van der Waals surface area contributed by atoms with E-state index in [1.54, 1.807) is 6.07 Å². The molecule has 1 aromatic carbocycles. The zero-order valence-corrected chi connectivity index (χ0v) is 9.85. The molecule has 20 heavy (non-hydrogen) atoms. The number of hydrogen-bond acceptors (Lipinski definition) is 5. The van der Waals surface area contributed by atoms with Crippen molar-refractivity contribution in [2.24, 2.45) is 0 Å². The van der Waals surface area contributed by atoms with E-state index >= 15 is 0 Å². The zero-order valence-electron chi connectivity index (χ0n) is 9.85. The average molecular weight is 280 g/mol. The van der Waals surface area contributed by atoms with E-state index in [0.29, 0.717) is 0 Å². The summed E-state index contributed by atoms with van der Waals surface area (Å²) in [6, 6.07) is 5.64. The van der Waals surface area contributed by atoms with Gasteiger partial charge in [-0.15, -0.1) is 0 Å². The number of nitrogens with zero attached hydrogens (tertiary/aromatic N) is 3. The highest BCUT2D eigenvalue weighted by atomic mass is 19.4. The summed E-state index contributed by atoms with van der Waals surface area (Å²) in [6.45, 7) is 0. The van der Waals surface area contributed by atoms with E-state index in [9.17, 15) is 13.2 Å². The molecule has 0 aliphatic carbocycles. The molecule has 0 saturated carbocycles. The molecule has 0 atom stereocenters. The molecule has 0 radical (unpaired) electrons. The van der Waals surface area contributed by atoms with Gasteiger partial charge in [-0.1, -0.05) is 0 Å². The van der Waals surface area contributed by atoms with E-state index in [-0.39, 0.29) is 23.1 Å². The van der Waals surface area contributed by atoms with Crippen molar-refractivity contribution in [3.63, 3.8) is 0 Å². The summed E-state index contributed by atoms with van der Waals surface area (Å²) in [5.41, 5.74) is 4.48. The Morgan fingerprint density at radius 3 is 2.60 bits per heavy atom. The summed E-state index contributed by atoms with van der Waals surface area (Å²) in [5.74, 6) is -0.0203. The Bertz CT molecular complexity index is 679. The second kappa shape index (κ2) is 5.05. The molecule has 0 aliphatic rings. The van der Waals surface area contributed by atoms with Gasteiger partial charge < -0.3 is 10.5 Å². The largest absolute Gasteiger partial charge is 0.422 e. The van der Waals surface area contributed by atoms with Crippen LogP contribution in [0.4, 0.5) is 18.9 Å². The quantitative estimate of drug-likeness (QED) is 0.855. The maximum absolute atomic E-state index is 12.5. The van der Waals surface area contributed by atoms with Crippen LogP contribution in [0.1, 0.15) is 11.3 Å². The van der Waals surface area contributed by atoms with Crippen LogP contribution in [0.2, 0.25) is 0 Å². The predicted molar refractivity (Wildman–Crippen MR) is 62.7 cm³/mol. The number of benzene rings is 1. The van der Waals surface area contributed by atoms with Gasteiger partial charge in [0.05, 0.1) is 11.3 Å². The Morgan fingerprint density at radius 2 is 2.00 bits per heavy atom. The van der Waals surface area contributed by atoms with Gasteiger partial charge >= 0.3 is 12.2 Å². The number of anilines is 1. The first-order chi connectivity index (χ1) is 9.40. The summed E-state index contributed by atoms with van der Waals surface area (Å²) in [4.78, 5) is 7.46. The fourth-order valence-electron chi connectivity index (χ4n) is 1.37. The van der Waals surface area contributed by atoms with E-state index in [4.69, 9.17) is 15.7 Å². The molecule has 8 heteroatoms. The van der Waals surface area contributed by atoms with Crippen molar-refractivity contribution in [2.75, 3.05) is 5.73 Å². The predicted octanol–water partition coefficient (Wildman–Crippen LogP) is 2.74. The highest BCUT2D eigenvalue weighted by Crippen LogP contribution is 2.34. The molecule has 102 valence electrons. The molecule has 2 aromatic rings. The Kier molecular flexibility index (Phi) is 3.43. The summed E-state index contributed by atoms with van der Waals surface area (Å²) in [6.07, 6.45) is -3.19. The van der Waals surface area contributed by atoms with E-state index in [1.807, 2.05) is 0 Å². The summed E-state index contributed by atoms with van der Waals surface area (Å²) in [7, 11) is 0. The third-order valence-electron chi connectivity index (χ3n) is 2.29. The molecule has 0 saturated heterocycles. The van der Waals surface area contributed by atoms with Crippen molar-refractivity contribution < 1.29 is 17.9 Å². The fraction of sp³-hybridized carbons (Fsp3) is 0.0833. The summed E-state index contributed by atoms with van der Waals surface area (Å²) >= 11 is 0. The molecule has 0 fully saturated rings. The van der Waals surface area contributed by atoms with Crippen LogP contribution in [0.5, 0.6) is 11.8 Å². The second-order valence-corrected chi connectivity index (χ2v) is 3.69. The standard InChI is InChI=1S/C12H7F3N4O/c13-12(14,15)7-1-2-10(9(17)5-7)20-11-18-4-3-8(6-16)19-11/h1-5H,17H2. The van der Waals surface area contributed by atoms with Gasteiger partial charge in [0.25, 0.3) is 0 Å². The van der Waals surface area contributed by atoms with Crippen LogP contribution in [0, 0.1) is 11.3 Å². The second-order valence-electron chi connectivity index (χ2n) is 3.69. The van der Waals surface area contributed by atoms with Crippen LogP contribution in [-0.2, 0) is 6.18 Å². The minimum atomic E-state index is -4.48. The van der Waals surface area contributed by atoms with Crippen molar-refractivity contribution >= 4 is 5.69 Å². The highest BCUT2D eigenvalue weighted by Gasteiger charge is 2.31. The van der Waals surface area contributed by atoms with Crippen LogP contribution < -0.4 is 10.5 Å². The van der Waals surface area contributed by atoms with E-state index < -0.39 is 11.7 Å². The first-order valence-electron chi connectivity index (χ1n) is 5.28. The van der Waals surface area contributed by atoms with Crippen molar-refractivity contribution in [3.05, 3.63) is 41.7 Å². The van der Waals surface area contributed by atoms with Crippen LogP contribution in [0.15, 0.2) is 30.5 Å². The first kappa shape index (κ1) is 13.6. The Labute approximate surface area is 111 Å². The lowest BCUT2D eigenvalue weighted by atomic mass is 10.2. The van der Waals surface area contributed by atoms with Crippen molar-refractivity contribution in [1.29, 1.82) is 5.26 Å². The van der Waals surface area contributed by atoms with Crippen LogP contribution in [0.25, 0.3) is 0 Å². The minimum Gasteiger partial charge on any atom is -0.422 e. The Balaban J connectivity index is 2.28. The van der Waals surface area contributed by atoms with Crippen LogP contribution >= 0.6 is 0 Å². The third kappa shape index (κ3) is 2.95. The normalized spacial score (nSPS) is 10.9. The molecular weight excluding hydrogens is 273 g/mol. The van der Waals surface area contributed by atoms with Gasteiger partial charge in [-0.2, -0.15) is 23.4 Å². The molecule has 1 aromatic heterocycles. The van der Waals surface area contributed by atoms with Crippen molar-refractivity contribution in [1.82, 2.24) is 9.97 Å². The number of rotatable bonds is 2. The smallest absolute Gasteiger partial charge is 0.416 e. The number of alkyl halides is 3. The number of aromatic nitrogens is 2. The summed E-state index contributed by atoms with van der Waals surface area (Å²) in [5, 5.41) is 8.66. The van der Waals surface area contributed by atoms with Crippen LogP contribution in [-0.4, -0.2) is 9.97 Å². The zero-order chi connectivity index (χ0) is 14.8. The molecule has 1 heterocycles. The number of nitriles is 1. The molecule has 2 rings (SSSR count). The van der Waals surface area contributed by atoms with Crippen LogP contribution in [0.3, 0.4) is 0 Å². The molecule has 2 N–H and O–H groups in total. The minimum absolute atomic E-state index is 0.0203. The van der Waals surface area contributed by atoms with Gasteiger partial charge in [-0.25, -0.2) is 4.98 Å². The number of ether oxygens (including phenoxy) is 1. The topological polar surface area (TPSA) is 84.8 Å². The lowest BCUT2D eigenvalue weighted by molar-refractivity contribution is -0.137. The monoisotopic (exact) mass is 280 g/mol. The summed E-state index contributed by atoms with van der Waals surface area (Å²) < 4.78 is 42.6. The van der Waals surface area contributed by atoms with Gasteiger partial charge in [0.2, 0.25) is 0 Å². The number of nitrogens with two attached hydrogens (primary N) is 1. The molecule has 0 bridgehead atoms. The lowest BCUT2D eigenvalue weighted by Gasteiger charge is -2.10. The number of halogens is 3. The number of hydrogen-bond donors (Lipinski definition) is 1. The van der Waals surface area contributed by atoms with Gasteiger partial charge in [0.15, 0.2) is 5.75 Å². The van der Waals surface area contributed by atoms with Gasteiger partial charge in [0, 0.05) is 6.20 Å². The Morgan fingerprint density at radius 1 is 1.25 bits per heavy atom. The van der Waals surface area contributed by atoms with Gasteiger partial charge in [-0.05, 0) is 24.3 Å². The average Bonchev–Trinajstić information content (AvgIpc) is 2.40. The highest BCUT2D eigenvalue weighted by molar-refractivity contribution is 5.55. The molecule has 0 aliphatic heterocycles. The third-order valence-corrected chi connectivity index (χ3v) is 2.29. The van der Waals surface area contributed by atoms with Gasteiger partial charge in [0.1, 0.15) is 11.8 Å². The first-order valence-corrected chi connectivity index (χ1v) is 5.28. The van der Waals surface area contributed by atoms with E-state index in [0.717, 1.165) is 18.2 Å². The van der Waals surface area contributed by atoms with Crippen molar-refractivity contribution in [3.8, 4) is 17.8 Å². The maximum Gasteiger partial charge on any atom is 0.416 e. The van der Waals surface area contributed by atoms with E-state index in [1.165, 1.54) is 12.3 Å². The maximum atomic E-state index is 12.5.